The second-order valence-electron chi connectivity index (χ2n) is 6.23. The minimum Gasteiger partial charge on any atom is -0.368 e. The predicted molar refractivity (Wildman–Crippen MR) is 81.4 cm³/mol. The highest BCUT2D eigenvalue weighted by Crippen LogP contribution is 2.38. The second kappa shape index (κ2) is 5.54. The first-order valence-electron chi connectivity index (χ1n) is 7.90. The number of anilines is 1. The molecule has 2 N–H and O–H groups in total. The largest absolute Gasteiger partial charge is 0.368 e. The molecule has 0 bridgehead atoms. The molecule has 1 unspecified atom stereocenters. The van der Waals surface area contributed by atoms with Crippen molar-refractivity contribution in [3.8, 4) is 0 Å². The maximum atomic E-state index is 6.26. The third kappa shape index (κ3) is 2.51. The van der Waals surface area contributed by atoms with Crippen LogP contribution in [-0.4, -0.2) is 12.6 Å². The third-order valence-electron chi connectivity index (χ3n) is 5.16. The molecule has 0 radical (unpaired) electrons. The first-order chi connectivity index (χ1) is 9.29. The van der Waals surface area contributed by atoms with E-state index in [0.717, 1.165) is 24.9 Å². The van der Waals surface area contributed by atoms with Crippen molar-refractivity contribution in [3.05, 3.63) is 29.8 Å². The molecule has 2 aliphatic rings. The van der Waals surface area contributed by atoms with E-state index in [-0.39, 0.29) is 6.04 Å². The van der Waals surface area contributed by atoms with E-state index in [0.29, 0.717) is 0 Å². The van der Waals surface area contributed by atoms with Crippen LogP contribution in [0.4, 0.5) is 5.69 Å². The summed E-state index contributed by atoms with van der Waals surface area (Å²) < 4.78 is 0. The standard InChI is InChI=1S/C17H26N2/c1-2-13-7-9-14(10-8-13)19-12-11-16(18)15-5-3-4-6-17(15)19/h3-6,13-14,16H,2,7-12,18H2,1H3. The molecule has 104 valence electrons. The molecule has 1 fully saturated rings. The van der Waals surface area contributed by atoms with Crippen LogP contribution in [0, 0.1) is 5.92 Å². The molecular weight excluding hydrogens is 232 g/mol. The zero-order valence-electron chi connectivity index (χ0n) is 12.0. The quantitative estimate of drug-likeness (QED) is 0.872. The van der Waals surface area contributed by atoms with Crippen LogP contribution >= 0.6 is 0 Å². The number of hydrogen-bond acceptors (Lipinski definition) is 2. The Hall–Kier alpha value is -1.02. The number of nitrogens with zero attached hydrogens (tertiary/aromatic N) is 1. The summed E-state index contributed by atoms with van der Waals surface area (Å²) in [6, 6.07) is 9.73. The molecule has 2 heteroatoms. The minimum absolute atomic E-state index is 0.236. The lowest BCUT2D eigenvalue weighted by molar-refractivity contribution is 0.304. The van der Waals surface area contributed by atoms with Crippen LogP contribution in [0.25, 0.3) is 0 Å². The van der Waals surface area contributed by atoms with Crippen LogP contribution < -0.4 is 10.6 Å². The van der Waals surface area contributed by atoms with Gasteiger partial charge >= 0.3 is 0 Å². The van der Waals surface area contributed by atoms with Gasteiger partial charge in [0.25, 0.3) is 0 Å². The number of fused-ring (bicyclic) bond motifs is 1. The fourth-order valence-electron chi connectivity index (χ4n) is 3.86. The topological polar surface area (TPSA) is 29.3 Å². The van der Waals surface area contributed by atoms with Crippen LogP contribution in [0.1, 0.15) is 57.1 Å². The highest BCUT2D eigenvalue weighted by atomic mass is 15.2. The first kappa shape index (κ1) is 13.0. The molecule has 1 aliphatic heterocycles. The maximum Gasteiger partial charge on any atom is 0.0417 e. The smallest absolute Gasteiger partial charge is 0.0417 e. The van der Waals surface area contributed by atoms with E-state index in [1.807, 2.05) is 0 Å². The summed E-state index contributed by atoms with van der Waals surface area (Å²) in [5, 5.41) is 0. The summed E-state index contributed by atoms with van der Waals surface area (Å²) in [5.41, 5.74) is 9.01. The highest BCUT2D eigenvalue weighted by molar-refractivity contribution is 5.57. The Kier molecular flexibility index (Phi) is 3.79. The van der Waals surface area contributed by atoms with Crippen molar-refractivity contribution in [3.63, 3.8) is 0 Å². The van der Waals surface area contributed by atoms with E-state index < -0.39 is 0 Å². The van der Waals surface area contributed by atoms with Crippen molar-refractivity contribution in [2.24, 2.45) is 11.7 Å². The van der Waals surface area contributed by atoms with E-state index in [1.165, 1.54) is 43.4 Å². The third-order valence-corrected chi connectivity index (χ3v) is 5.16. The second-order valence-corrected chi connectivity index (χ2v) is 6.23. The zero-order chi connectivity index (χ0) is 13.2. The Bertz CT molecular complexity index is 421. The van der Waals surface area contributed by atoms with Gasteiger partial charge in [0.2, 0.25) is 0 Å². The van der Waals surface area contributed by atoms with Gasteiger partial charge in [-0.1, -0.05) is 31.5 Å². The molecule has 2 nitrogen and oxygen atoms in total. The molecular formula is C17H26N2. The van der Waals surface area contributed by atoms with Gasteiger partial charge in [0.05, 0.1) is 0 Å². The molecule has 1 heterocycles. The molecule has 1 atom stereocenters. The summed E-state index contributed by atoms with van der Waals surface area (Å²) in [6.07, 6.45) is 8.00. The Balaban J connectivity index is 1.78. The van der Waals surface area contributed by atoms with E-state index in [1.54, 1.807) is 0 Å². The van der Waals surface area contributed by atoms with Crippen molar-refractivity contribution >= 4 is 5.69 Å². The van der Waals surface area contributed by atoms with Gasteiger partial charge in [-0.05, 0) is 49.7 Å². The SMILES string of the molecule is CCC1CCC(N2CCC(N)c3ccccc32)CC1. The van der Waals surface area contributed by atoms with Gasteiger partial charge in [-0.2, -0.15) is 0 Å². The van der Waals surface area contributed by atoms with E-state index in [9.17, 15) is 0 Å². The van der Waals surface area contributed by atoms with Crippen LogP contribution in [0.2, 0.25) is 0 Å². The van der Waals surface area contributed by atoms with E-state index in [2.05, 4.69) is 36.1 Å². The fraction of sp³-hybridized carbons (Fsp3) is 0.647. The van der Waals surface area contributed by atoms with E-state index in [4.69, 9.17) is 5.73 Å². The van der Waals surface area contributed by atoms with Crippen molar-refractivity contribution in [1.29, 1.82) is 0 Å². The molecule has 0 spiro atoms. The molecule has 0 saturated heterocycles. The summed E-state index contributed by atoms with van der Waals surface area (Å²) in [7, 11) is 0. The number of nitrogens with two attached hydrogens (primary N) is 1. The van der Waals surface area contributed by atoms with Gasteiger partial charge in [-0.3, -0.25) is 0 Å². The fourth-order valence-corrected chi connectivity index (χ4v) is 3.86. The number of rotatable bonds is 2. The number of hydrogen-bond donors (Lipinski definition) is 1. The molecule has 19 heavy (non-hydrogen) atoms. The van der Waals surface area contributed by atoms with Crippen molar-refractivity contribution in [2.75, 3.05) is 11.4 Å². The normalized spacial score (nSPS) is 31.1. The van der Waals surface area contributed by atoms with Crippen LogP contribution in [0.15, 0.2) is 24.3 Å². The van der Waals surface area contributed by atoms with Gasteiger partial charge in [-0.15, -0.1) is 0 Å². The van der Waals surface area contributed by atoms with Crippen molar-refractivity contribution < 1.29 is 0 Å². The average Bonchev–Trinajstić information content (AvgIpc) is 2.48. The summed E-state index contributed by atoms with van der Waals surface area (Å²) in [4.78, 5) is 2.64. The van der Waals surface area contributed by atoms with Gasteiger partial charge in [0.1, 0.15) is 0 Å². The Labute approximate surface area is 117 Å². The summed E-state index contributed by atoms with van der Waals surface area (Å²) in [5.74, 6) is 0.971. The summed E-state index contributed by atoms with van der Waals surface area (Å²) >= 11 is 0. The number of benzene rings is 1. The molecule has 1 aromatic carbocycles. The zero-order valence-corrected chi connectivity index (χ0v) is 12.0. The first-order valence-corrected chi connectivity index (χ1v) is 7.90. The Morgan fingerprint density at radius 1 is 1.11 bits per heavy atom. The molecule has 1 aliphatic carbocycles. The average molecular weight is 258 g/mol. The molecule has 1 saturated carbocycles. The Morgan fingerprint density at radius 2 is 1.84 bits per heavy atom. The molecule has 0 aromatic heterocycles. The monoisotopic (exact) mass is 258 g/mol. The lowest BCUT2D eigenvalue weighted by atomic mass is 9.82. The number of para-hydroxylation sites is 1. The lowest BCUT2D eigenvalue weighted by Crippen LogP contribution is -2.43. The van der Waals surface area contributed by atoms with Gasteiger partial charge in [0.15, 0.2) is 0 Å². The van der Waals surface area contributed by atoms with Gasteiger partial charge in [0, 0.05) is 24.3 Å². The van der Waals surface area contributed by atoms with E-state index >= 15 is 0 Å². The Morgan fingerprint density at radius 3 is 2.58 bits per heavy atom. The molecule has 1 aromatic rings. The van der Waals surface area contributed by atoms with Gasteiger partial charge in [-0.25, -0.2) is 0 Å². The van der Waals surface area contributed by atoms with Crippen LogP contribution in [0.5, 0.6) is 0 Å². The highest BCUT2D eigenvalue weighted by Gasteiger charge is 2.30. The van der Waals surface area contributed by atoms with Crippen molar-refractivity contribution in [1.82, 2.24) is 0 Å². The van der Waals surface area contributed by atoms with Crippen molar-refractivity contribution in [2.45, 2.75) is 57.5 Å². The summed E-state index contributed by atoms with van der Waals surface area (Å²) in [6.45, 7) is 3.47. The lowest BCUT2D eigenvalue weighted by Gasteiger charge is -2.42. The maximum absolute atomic E-state index is 6.26. The van der Waals surface area contributed by atoms with Crippen LogP contribution in [-0.2, 0) is 0 Å². The van der Waals surface area contributed by atoms with Gasteiger partial charge < -0.3 is 10.6 Å². The molecule has 3 rings (SSSR count). The predicted octanol–water partition coefficient (Wildman–Crippen LogP) is 3.87. The minimum atomic E-state index is 0.236. The van der Waals surface area contributed by atoms with Crippen LogP contribution in [0.3, 0.4) is 0 Å². The molecule has 0 amide bonds.